The number of carbonyl (C=O) groups is 4. The average Bonchev–Trinajstić information content (AvgIpc) is 2.52. The van der Waals surface area contributed by atoms with Crippen molar-refractivity contribution in [3.05, 3.63) is 29.8 Å². The van der Waals surface area contributed by atoms with Gasteiger partial charge in [0.1, 0.15) is 0 Å². The summed E-state index contributed by atoms with van der Waals surface area (Å²) in [4.78, 5) is 44.8. The molecule has 124 valence electrons. The van der Waals surface area contributed by atoms with Crippen LogP contribution in [0.2, 0.25) is 0 Å². The molecule has 0 fully saturated rings. The summed E-state index contributed by atoms with van der Waals surface area (Å²) in [6, 6.07) is 6.69. The molecule has 0 unspecified atom stereocenters. The van der Waals surface area contributed by atoms with Gasteiger partial charge in [-0.25, -0.2) is 0 Å². The van der Waals surface area contributed by atoms with E-state index in [2.05, 4.69) is 16.0 Å². The molecule has 0 radical (unpaired) electrons. The third-order valence-electron chi connectivity index (χ3n) is 2.71. The second-order valence-electron chi connectivity index (χ2n) is 4.67. The first-order chi connectivity index (χ1) is 10.9. The third-order valence-corrected chi connectivity index (χ3v) is 2.71. The fourth-order valence-electron chi connectivity index (χ4n) is 1.59. The minimum atomic E-state index is -0.563. The van der Waals surface area contributed by atoms with Crippen molar-refractivity contribution in [2.45, 2.75) is 13.3 Å². The molecule has 8 heteroatoms. The molecule has 0 heterocycles. The summed E-state index contributed by atoms with van der Waals surface area (Å²) >= 11 is 0. The van der Waals surface area contributed by atoms with Crippen molar-refractivity contribution in [1.82, 2.24) is 10.6 Å². The summed E-state index contributed by atoms with van der Waals surface area (Å²) in [6.45, 7) is 0.789. The Morgan fingerprint density at radius 3 is 2.26 bits per heavy atom. The minimum absolute atomic E-state index is 0.00305. The van der Waals surface area contributed by atoms with E-state index in [1.54, 1.807) is 24.3 Å². The zero-order chi connectivity index (χ0) is 17.2. The van der Waals surface area contributed by atoms with Crippen molar-refractivity contribution in [3.63, 3.8) is 0 Å². The summed E-state index contributed by atoms with van der Waals surface area (Å²) < 4.78 is 4.82. The number of nitrogens with one attached hydrogen (secondary N) is 3. The number of anilines is 1. The summed E-state index contributed by atoms with van der Waals surface area (Å²) in [7, 11) is 1.45. The third kappa shape index (κ3) is 7.60. The van der Waals surface area contributed by atoms with Gasteiger partial charge >= 0.3 is 5.97 Å². The average molecular weight is 321 g/mol. The highest BCUT2D eigenvalue weighted by atomic mass is 16.5. The molecule has 3 N–H and O–H groups in total. The van der Waals surface area contributed by atoms with Gasteiger partial charge in [-0.05, 0) is 17.7 Å². The van der Waals surface area contributed by atoms with Crippen molar-refractivity contribution in [2.75, 3.05) is 25.5 Å². The Balaban J connectivity index is 2.34. The number of hydrogen-bond donors (Lipinski definition) is 3. The van der Waals surface area contributed by atoms with Gasteiger partial charge in [-0.1, -0.05) is 12.1 Å². The van der Waals surface area contributed by atoms with Crippen LogP contribution in [0.5, 0.6) is 0 Å². The summed E-state index contributed by atoms with van der Waals surface area (Å²) in [5, 5.41) is 7.27. The Hall–Kier alpha value is -2.90. The van der Waals surface area contributed by atoms with Crippen LogP contribution in [0, 0.1) is 0 Å². The molecule has 1 aromatic carbocycles. The molecule has 0 bridgehead atoms. The number of likely N-dealkylation sites (N-methyl/N-ethyl adjacent to an activating group) is 1. The maximum Gasteiger partial charge on any atom is 0.310 e. The van der Waals surface area contributed by atoms with Crippen LogP contribution in [0.25, 0.3) is 0 Å². The first kappa shape index (κ1) is 18.1. The number of rotatable bonds is 7. The van der Waals surface area contributed by atoms with Crippen LogP contribution in [-0.2, 0) is 30.3 Å². The highest BCUT2D eigenvalue weighted by Crippen LogP contribution is 2.10. The van der Waals surface area contributed by atoms with Gasteiger partial charge in [0.25, 0.3) is 5.91 Å². The number of esters is 1. The summed E-state index contributed by atoms with van der Waals surface area (Å²) in [6.07, 6.45) is 0.00305. The number of benzene rings is 1. The van der Waals surface area contributed by atoms with Gasteiger partial charge in [0.2, 0.25) is 11.8 Å². The van der Waals surface area contributed by atoms with E-state index in [4.69, 9.17) is 4.74 Å². The second kappa shape index (κ2) is 9.19. The predicted molar refractivity (Wildman–Crippen MR) is 82.5 cm³/mol. The van der Waals surface area contributed by atoms with E-state index in [1.807, 2.05) is 0 Å². The van der Waals surface area contributed by atoms with Crippen LogP contribution < -0.4 is 16.0 Å². The van der Waals surface area contributed by atoms with Crippen LogP contribution in [0.4, 0.5) is 5.69 Å². The van der Waals surface area contributed by atoms with E-state index >= 15 is 0 Å². The lowest BCUT2D eigenvalue weighted by molar-refractivity contribution is -0.147. The Morgan fingerprint density at radius 1 is 1.04 bits per heavy atom. The molecule has 0 aromatic heterocycles. The lowest BCUT2D eigenvalue weighted by Gasteiger charge is -2.07. The zero-order valence-electron chi connectivity index (χ0n) is 13.0. The molecule has 0 atom stereocenters. The SMILES string of the molecule is CNC(=O)CNC(=O)COC(=O)Cc1ccc(NC(C)=O)cc1. The Kier molecular flexibility index (Phi) is 7.25. The van der Waals surface area contributed by atoms with Gasteiger partial charge in [-0.2, -0.15) is 0 Å². The smallest absolute Gasteiger partial charge is 0.310 e. The normalized spacial score (nSPS) is 9.65. The quantitative estimate of drug-likeness (QED) is 0.591. The summed E-state index contributed by atoms with van der Waals surface area (Å²) in [5.74, 6) is -1.64. The second-order valence-corrected chi connectivity index (χ2v) is 4.67. The molecule has 0 saturated carbocycles. The van der Waals surface area contributed by atoms with E-state index < -0.39 is 18.5 Å². The van der Waals surface area contributed by atoms with Crippen LogP contribution >= 0.6 is 0 Å². The lowest BCUT2D eigenvalue weighted by Crippen LogP contribution is -2.37. The van der Waals surface area contributed by atoms with Gasteiger partial charge in [0.05, 0.1) is 13.0 Å². The van der Waals surface area contributed by atoms with Crippen molar-refractivity contribution in [2.24, 2.45) is 0 Å². The van der Waals surface area contributed by atoms with Crippen molar-refractivity contribution >= 4 is 29.4 Å². The Bertz CT molecular complexity index is 583. The fourth-order valence-corrected chi connectivity index (χ4v) is 1.59. The monoisotopic (exact) mass is 321 g/mol. The van der Waals surface area contributed by atoms with Gasteiger partial charge in [0.15, 0.2) is 6.61 Å². The Morgan fingerprint density at radius 2 is 1.70 bits per heavy atom. The van der Waals surface area contributed by atoms with Crippen LogP contribution in [0.1, 0.15) is 12.5 Å². The van der Waals surface area contributed by atoms with E-state index in [0.29, 0.717) is 11.3 Å². The maximum absolute atomic E-state index is 11.6. The van der Waals surface area contributed by atoms with Crippen molar-refractivity contribution in [3.8, 4) is 0 Å². The van der Waals surface area contributed by atoms with Gasteiger partial charge in [-0.3, -0.25) is 19.2 Å². The fraction of sp³-hybridized carbons (Fsp3) is 0.333. The zero-order valence-corrected chi connectivity index (χ0v) is 13.0. The molecule has 0 aliphatic carbocycles. The molecule has 3 amide bonds. The van der Waals surface area contributed by atoms with Crippen molar-refractivity contribution in [1.29, 1.82) is 0 Å². The number of amides is 3. The summed E-state index contributed by atoms with van der Waals surface area (Å²) in [5.41, 5.74) is 1.32. The molecule has 8 nitrogen and oxygen atoms in total. The van der Waals surface area contributed by atoms with Crippen LogP contribution in [0.3, 0.4) is 0 Å². The first-order valence-corrected chi connectivity index (χ1v) is 6.90. The van der Waals surface area contributed by atoms with Gasteiger partial charge in [0, 0.05) is 19.7 Å². The minimum Gasteiger partial charge on any atom is -0.455 e. The van der Waals surface area contributed by atoms with Crippen molar-refractivity contribution < 1.29 is 23.9 Å². The molecule has 0 spiro atoms. The molecule has 0 saturated heterocycles. The van der Waals surface area contributed by atoms with Crippen LogP contribution in [0.15, 0.2) is 24.3 Å². The highest BCUT2D eigenvalue weighted by molar-refractivity contribution is 5.88. The van der Waals surface area contributed by atoms with Gasteiger partial charge < -0.3 is 20.7 Å². The molecular weight excluding hydrogens is 302 g/mol. The molecule has 23 heavy (non-hydrogen) atoms. The largest absolute Gasteiger partial charge is 0.455 e. The molecular formula is C15H19N3O5. The lowest BCUT2D eigenvalue weighted by atomic mass is 10.1. The van der Waals surface area contributed by atoms with Crippen LogP contribution in [-0.4, -0.2) is 43.9 Å². The van der Waals surface area contributed by atoms with E-state index in [-0.39, 0.29) is 24.8 Å². The number of hydrogen-bond acceptors (Lipinski definition) is 5. The highest BCUT2D eigenvalue weighted by Gasteiger charge is 2.09. The predicted octanol–water partition coefficient (Wildman–Crippen LogP) is -0.407. The van der Waals surface area contributed by atoms with Gasteiger partial charge in [-0.15, -0.1) is 0 Å². The molecule has 1 aromatic rings. The first-order valence-electron chi connectivity index (χ1n) is 6.90. The maximum atomic E-state index is 11.6. The molecule has 0 aliphatic rings. The standard InChI is InChI=1S/C15H19N3O5/c1-10(19)18-12-5-3-11(4-6-12)7-15(22)23-9-14(21)17-8-13(20)16-2/h3-6H,7-9H2,1-2H3,(H,16,20)(H,17,21)(H,18,19). The van der Waals surface area contributed by atoms with E-state index in [1.165, 1.54) is 14.0 Å². The topological polar surface area (TPSA) is 114 Å². The number of carbonyl (C=O) groups excluding carboxylic acids is 4. The molecule has 1 rings (SSSR count). The Labute approximate surface area is 133 Å². The van der Waals surface area contributed by atoms with E-state index in [0.717, 1.165) is 0 Å². The van der Waals surface area contributed by atoms with E-state index in [9.17, 15) is 19.2 Å². The molecule has 0 aliphatic heterocycles. The number of ether oxygens (including phenoxy) is 1.